The van der Waals surface area contributed by atoms with E-state index < -0.39 is 10.0 Å². The molecule has 0 radical (unpaired) electrons. The largest absolute Gasteiger partial charge is 0.352 e. The van der Waals surface area contributed by atoms with E-state index in [-0.39, 0.29) is 11.9 Å². The van der Waals surface area contributed by atoms with Crippen LogP contribution in [0.5, 0.6) is 0 Å². The van der Waals surface area contributed by atoms with Gasteiger partial charge in [-0.3, -0.25) is 9.69 Å². The minimum atomic E-state index is -3.48. The first kappa shape index (κ1) is 20.8. The van der Waals surface area contributed by atoms with E-state index in [9.17, 15) is 13.2 Å². The maximum atomic E-state index is 13.1. The van der Waals surface area contributed by atoms with Crippen molar-refractivity contribution in [1.29, 1.82) is 0 Å². The van der Waals surface area contributed by atoms with Crippen LogP contribution in [0.25, 0.3) is 0 Å². The number of nitrogens with one attached hydrogen (secondary N) is 1. The van der Waals surface area contributed by atoms with Crippen molar-refractivity contribution < 1.29 is 13.2 Å². The summed E-state index contributed by atoms with van der Waals surface area (Å²) in [6, 6.07) is 7.69. The summed E-state index contributed by atoms with van der Waals surface area (Å²) in [6.07, 6.45) is 8.42. The van der Waals surface area contributed by atoms with Crippen LogP contribution in [0.15, 0.2) is 29.2 Å². The molecule has 2 aliphatic carbocycles. The number of piperazine rings is 1. The van der Waals surface area contributed by atoms with Crippen LogP contribution in [0, 0.1) is 0 Å². The van der Waals surface area contributed by atoms with Crippen LogP contribution in [0.3, 0.4) is 0 Å². The fourth-order valence-electron chi connectivity index (χ4n) is 4.54. The molecule has 1 aromatic rings. The molecule has 160 valence electrons. The van der Waals surface area contributed by atoms with Crippen LogP contribution in [0.4, 0.5) is 0 Å². The first-order valence-corrected chi connectivity index (χ1v) is 12.5. The number of carbonyl (C=O) groups excluding carboxylic acids is 1. The van der Waals surface area contributed by atoms with E-state index in [2.05, 4.69) is 10.2 Å². The predicted molar refractivity (Wildman–Crippen MR) is 113 cm³/mol. The highest BCUT2D eigenvalue weighted by Gasteiger charge is 2.33. The third-order valence-corrected chi connectivity index (χ3v) is 8.63. The molecule has 0 aromatic heterocycles. The quantitative estimate of drug-likeness (QED) is 0.770. The van der Waals surface area contributed by atoms with Crippen molar-refractivity contribution >= 4 is 15.9 Å². The summed E-state index contributed by atoms with van der Waals surface area (Å²) in [5, 5.41) is 3.04. The van der Waals surface area contributed by atoms with Gasteiger partial charge in [0.15, 0.2) is 0 Å². The van der Waals surface area contributed by atoms with Crippen molar-refractivity contribution in [2.45, 2.75) is 74.8 Å². The van der Waals surface area contributed by atoms with E-state index in [1.165, 1.54) is 37.7 Å². The second kappa shape index (κ2) is 8.74. The molecule has 7 heteroatoms. The molecule has 29 heavy (non-hydrogen) atoms. The third-order valence-electron chi connectivity index (χ3n) is 6.72. The predicted octanol–water partition coefficient (Wildman–Crippen LogP) is 2.71. The van der Waals surface area contributed by atoms with Gasteiger partial charge in [-0.1, -0.05) is 31.4 Å². The van der Waals surface area contributed by atoms with E-state index >= 15 is 0 Å². The molecule has 1 aromatic carbocycles. The smallest absolute Gasteiger partial charge is 0.243 e. The second-order valence-electron chi connectivity index (χ2n) is 8.80. The molecule has 4 rings (SSSR count). The van der Waals surface area contributed by atoms with Crippen molar-refractivity contribution in [2.75, 3.05) is 26.2 Å². The summed E-state index contributed by atoms with van der Waals surface area (Å²) in [6.45, 7) is 3.92. The number of hydrogen-bond donors (Lipinski definition) is 1. The van der Waals surface area contributed by atoms with Crippen LogP contribution < -0.4 is 5.32 Å². The van der Waals surface area contributed by atoms with Gasteiger partial charge < -0.3 is 5.32 Å². The average Bonchev–Trinajstić information content (AvgIpc) is 3.58. The Morgan fingerprint density at radius 2 is 1.59 bits per heavy atom. The maximum Gasteiger partial charge on any atom is 0.243 e. The second-order valence-corrected chi connectivity index (χ2v) is 10.7. The normalized spacial score (nSPS) is 23.6. The molecule has 0 bridgehead atoms. The van der Waals surface area contributed by atoms with Crippen LogP contribution in [-0.4, -0.2) is 61.8 Å². The van der Waals surface area contributed by atoms with Crippen LogP contribution in [0.1, 0.15) is 63.4 Å². The molecule has 3 aliphatic rings. The highest BCUT2D eigenvalue weighted by molar-refractivity contribution is 7.89. The summed E-state index contributed by atoms with van der Waals surface area (Å²) in [7, 11) is -3.48. The van der Waals surface area contributed by atoms with Gasteiger partial charge in [-0.15, -0.1) is 0 Å². The lowest BCUT2D eigenvalue weighted by Crippen LogP contribution is -2.55. The monoisotopic (exact) mass is 419 g/mol. The molecular weight excluding hydrogens is 386 g/mol. The van der Waals surface area contributed by atoms with E-state index in [0.29, 0.717) is 43.0 Å². The summed E-state index contributed by atoms with van der Waals surface area (Å²) < 4.78 is 27.7. The van der Waals surface area contributed by atoms with Crippen molar-refractivity contribution in [3.8, 4) is 0 Å². The molecule has 0 unspecified atom stereocenters. The first-order chi connectivity index (χ1) is 13.9. The van der Waals surface area contributed by atoms with Gasteiger partial charge in [-0.05, 0) is 56.2 Å². The van der Waals surface area contributed by atoms with Gasteiger partial charge in [0.1, 0.15) is 0 Å². The van der Waals surface area contributed by atoms with Gasteiger partial charge in [-0.2, -0.15) is 4.31 Å². The molecule has 1 amide bonds. The Bertz CT molecular complexity index is 806. The van der Waals surface area contributed by atoms with E-state index in [1.807, 2.05) is 19.1 Å². The van der Waals surface area contributed by atoms with Crippen molar-refractivity contribution in [3.63, 3.8) is 0 Å². The van der Waals surface area contributed by atoms with Crippen LogP contribution >= 0.6 is 0 Å². The highest BCUT2D eigenvalue weighted by atomic mass is 32.2. The lowest BCUT2D eigenvalue weighted by atomic mass is 9.84. The zero-order valence-electron chi connectivity index (χ0n) is 17.3. The molecule has 1 N–H and O–H groups in total. The third kappa shape index (κ3) is 4.84. The zero-order valence-corrected chi connectivity index (χ0v) is 18.2. The van der Waals surface area contributed by atoms with Crippen molar-refractivity contribution in [1.82, 2.24) is 14.5 Å². The molecular formula is C22H33N3O3S. The number of sulfonamides is 1. The molecule has 0 spiro atoms. The molecule has 1 saturated heterocycles. The van der Waals surface area contributed by atoms with Crippen LogP contribution in [-0.2, 0) is 14.8 Å². The fourth-order valence-corrected chi connectivity index (χ4v) is 5.97. The van der Waals surface area contributed by atoms with Crippen LogP contribution in [0.2, 0.25) is 0 Å². The lowest BCUT2D eigenvalue weighted by molar-refractivity contribution is -0.126. The zero-order chi connectivity index (χ0) is 20.4. The summed E-state index contributed by atoms with van der Waals surface area (Å²) in [4.78, 5) is 14.7. The molecule has 2 saturated carbocycles. The minimum absolute atomic E-state index is 0.0575. The Hall–Kier alpha value is -1.44. The van der Waals surface area contributed by atoms with Gasteiger partial charge in [-0.25, -0.2) is 8.42 Å². The Morgan fingerprint density at radius 3 is 2.17 bits per heavy atom. The number of benzene rings is 1. The highest BCUT2D eigenvalue weighted by Crippen LogP contribution is 2.33. The van der Waals surface area contributed by atoms with E-state index in [4.69, 9.17) is 0 Å². The molecule has 3 fully saturated rings. The Kier molecular flexibility index (Phi) is 6.27. The first-order valence-electron chi connectivity index (χ1n) is 11.1. The number of carbonyl (C=O) groups is 1. The SMILES string of the molecule is C[C@H](C(=O)NC1CC1)N1CCN(S(=O)(=O)c2ccc(C3CCCCC3)cc2)CC1. The fraction of sp³-hybridized carbons (Fsp3) is 0.682. The van der Waals surface area contributed by atoms with E-state index in [0.717, 1.165) is 12.8 Å². The van der Waals surface area contributed by atoms with Gasteiger partial charge in [0.05, 0.1) is 10.9 Å². The number of hydrogen-bond acceptors (Lipinski definition) is 4. The van der Waals surface area contributed by atoms with Gasteiger partial charge in [0.25, 0.3) is 0 Å². The van der Waals surface area contributed by atoms with Crippen molar-refractivity contribution in [2.24, 2.45) is 0 Å². The molecule has 1 atom stereocenters. The average molecular weight is 420 g/mol. The maximum absolute atomic E-state index is 13.1. The Balaban J connectivity index is 1.35. The Morgan fingerprint density at radius 1 is 0.966 bits per heavy atom. The number of rotatable bonds is 6. The summed E-state index contributed by atoms with van der Waals surface area (Å²) in [5.41, 5.74) is 1.27. The Labute approximate surface area is 174 Å². The number of amides is 1. The standard InChI is InChI=1S/C22H33N3O3S/c1-17(22(26)23-20-9-10-20)24-13-15-25(16-14-24)29(27,28)21-11-7-19(8-12-21)18-5-3-2-4-6-18/h7-8,11-12,17-18,20H,2-6,9-10,13-16H2,1H3,(H,23,26)/t17-/m1/s1. The summed E-state index contributed by atoms with van der Waals surface area (Å²) >= 11 is 0. The van der Waals surface area contributed by atoms with E-state index in [1.54, 1.807) is 16.4 Å². The molecule has 6 nitrogen and oxygen atoms in total. The number of nitrogens with zero attached hydrogens (tertiary/aromatic N) is 2. The van der Waals surface area contributed by atoms with Gasteiger partial charge >= 0.3 is 0 Å². The lowest BCUT2D eigenvalue weighted by Gasteiger charge is -2.36. The van der Waals surface area contributed by atoms with Crippen molar-refractivity contribution in [3.05, 3.63) is 29.8 Å². The molecule has 1 aliphatic heterocycles. The van der Waals surface area contributed by atoms with Gasteiger partial charge in [0.2, 0.25) is 15.9 Å². The topological polar surface area (TPSA) is 69.7 Å². The minimum Gasteiger partial charge on any atom is -0.352 e. The molecule has 1 heterocycles. The summed E-state index contributed by atoms with van der Waals surface area (Å²) in [5.74, 6) is 0.634. The van der Waals surface area contributed by atoms with Gasteiger partial charge in [0, 0.05) is 32.2 Å².